The fourth-order valence-corrected chi connectivity index (χ4v) is 2.03. The summed E-state index contributed by atoms with van der Waals surface area (Å²) in [5.74, 6) is -0.321. The monoisotopic (exact) mass is 299 g/mol. The van der Waals surface area contributed by atoms with Crippen molar-refractivity contribution in [3.63, 3.8) is 0 Å². The molecule has 0 spiro atoms. The first-order valence-corrected chi connectivity index (χ1v) is 7.29. The van der Waals surface area contributed by atoms with E-state index in [2.05, 4.69) is 10.6 Å². The van der Waals surface area contributed by atoms with Gasteiger partial charge in [-0.1, -0.05) is 6.92 Å². The lowest BCUT2D eigenvalue weighted by Crippen LogP contribution is -2.43. The average Bonchev–Trinajstić information content (AvgIpc) is 2.61. The van der Waals surface area contributed by atoms with Gasteiger partial charge in [-0.2, -0.15) is 0 Å². The highest BCUT2D eigenvalue weighted by Crippen LogP contribution is 2.13. The second kappa shape index (κ2) is 7.40. The molecule has 7 heteroatoms. The molecule has 1 atom stereocenters. The third-order valence-corrected chi connectivity index (χ3v) is 2.88. The Morgan fingerprint density at radius 3 is 2.57 bits per heavy atom. The summed E-state index contributed by atoms with van der Waals surface area (Å²) in [7, 11) is 0. The number of carbonyl (C=O) groups excluding carboxylic acids is 3. The molecule has 1 aliphatic rings. The highest BCUT2D eigenvalue weighted by molar-refractivity contribution is 6.05. The average molecular weight is 299 g/mol. The summed E-state index contributed by atoms with van der Waals surface area (Å²) in [6.45, 7) is 8.49. The van der Waals surface area contributed by atoms with Crippen LogP contribution in [0.2, 0.25) is 0 Å². The van der Waals surface area contributed by atoms with Gasteiger partial charge in [-0.25, -0.2) is 4.79 Å². The number of nitrogens with one attached hydrogen (secondary N) is 2. The number of nitrogens with zero attached hydrogens (tertiary/aromatic N) is 1. The van der Waals surface area contributed by atoms with Gasteiger partial charge in [-0.15, -0.1) is 0 Å². The molecule has 0 aliphatic carbocycles. The van der Waals surface area contributed by atoms with E-state index >= 15 is 0 Å². The number of hydrogen-bond acceptors (Lipinski definition) is 5. The van der Waals surface area contributed by atoms with Crippen LogP contribution in [0, 0.1) is 0 Å². The molecule has 1 saturated heterocycles. The predicted octanol–water partition coefficient (Wildman–Crippen LogP) is 0.638. The van der Waals surface area contributed by atoms with Crippen molar-refractivity contribution >= 4 is 17.9 Å². The Morgan fingerprint density at radius 2 is 2.00 bits per heavy atom. The van der Waals surface area contributed by atoms with Crippen molar-refractivity contribution < 1.29 is 19.1 Å². The van der Waals surface area contributed by atoms with Crippen LogP contribution in [0.4, 0.5) is 4.79 Å². The molecule has 1 fully saturated rings. The van der Waals surface area contributed by atoms with Crippen LogP contribution in [0.15, 0.2) is 0 Å². The normalized spacial score (nSPS) is 19.0. The van der Waals surface area contributed by atoms with E-state index in [0.717, 1.165) is 6.42 Å². The Hall–Kier alpha value is -1.63. The van der Waals surface area contributed by atoms with Crippen LogP contribution in [0.1, 0.15) is 40.5 Å². The summed E-state index contributed by atoms with van der Waals surface area (Å²) < 4.78 is 5.09. The third-order valence-electron chi connectivity index (χ3n) is 2.88. The summed E-state index contributed by atoms with van der Waals surface area (Å²) in [5, 5.41) is 5.58. The zero-order valence-corrected chi connectivity index (χ0v) is 13.2. The molecule has 1 heterocycles. The van der Waals surface area contributed by atoms with E-state index in [9.17, 15) is 14.4 Å². The van der Waals surface area contributed by atoms with Crippen LogP contribution in [0.3, 0.4) is 0 Å². The number of carbonyl (C=O) groups is 3. The molecule has 0 radical (unpaired) electrons. The van der Waals surface area contributed by atoms with Crippen LogP contribution in [-0.4, -0.2) is 54.1 Å². The first kappa shape index (κ1) is 17.4. The standard InChI is InChI=1S/C14H25N3O4/c1-5-8-17-11(18)9-10(12(17)19)15-6-7-16-13(20)21-14(2,3)4/h10,15H,5-9H2,1-4H3,(H,16,20). The molecule has 7 nitrogen and oxygen atoms in total. The van der Waals surface area contributed by atoms with Gasteiger partial charge in [0.1, 0.15) is 5.60 Å². The maximum Gasteiger partial charge on any atom is 0.407 e. The first-order valence-electron chi connectivity index (χ1n) is 7.29. The molecular formula is C14H25N3O4. The maximum absolute atomic E-state index is 12.0. The molecule has 0 saturated carbocycles. The van der Waals surface area contributed by atoms with Crippen LogP contribution >= 0.6 is 0 Å². The van der Waals surface area contributed by atoms with Crippen molar-refractivity contribution in [1.82, 2.24) is 15.5 Å². The molecule has 1 unspecified atom stereocenters. The zero-order chi connectivity index (χ0) is 16.0. The molecular weight excluding hydrogens is 274 g/mol. The molecule has 3 amide bonds. The predicted molar refractivity (Wildman–Crippen MR) is 77.7 cm³/mol. The fourth-order valence-electron chi connectivity index (χ4n) is 2.03. The Balaban J connectivity index is 2.26. The van der Waals surface area contributed by atoms with Crippen molar-refractivity contribution in [2.24, 2.45) is 0 Å². The molecule has 0 bridgehead atoms. The minimum Gasteiger partial charge on any atom is -0.444 e. The Morgan fingerprint density at radius 1 is 1.33 bits per heavy atom. The summed E-state index contributed by atoms with van der Waals surface area (Å²) in [6, 6.07) is -0.482. The van der Waals surface area contributed by atoms with Gasteiger partial charge in [-0.05, 0) is 27.2 Å². The summed E-state index contributed by atoms with van der Waals surface area (Å²) in [6.07, 6.45) is 0.445. The smallest absolute Gasteiger partial charge is 0.407 e. The number of amides is 3. The van der Waals surface area contributed by atoms with Gasteiger partial charge in [-0.3, -0.25) is 14.5 Å². The highest BCUT2D eigenvalue weighted by atomic mass is 16.6. The van der Waals surface area contributed by atoms with E-state index in [1.54, 1.807) is 20.8 Å². The van der Waals surface area contributed by atoms with Crippen molar-refractivity contribution in [1.29, 1.82) is 0 Å². The lowest BCUT2D eigenvalue weighted by atomic mass is 10.2. The van der Waals surface area contributed by atoms with Crippen molar-refractivity contribution in [2.75, 3.05) is 19.6 Å². The van der Waals surface area contributed by atoms with Crippen molar-refractivity contribution in [2.45, 2.75) is 52.2 Å². The summed E-state index contributed by atoms with van der Waals surface area (Å²) >= 11 is 0. The van der Waals surface area contributed by atoms with Gasteiger partial charge in [0.2, 0.25) is 11.8 Å². The highest BCUT2D eigenvalue weighted by Gasteiger charge is 2.37. The molecule has 0 aromatic rings. The number of alkyl carbamates (subject to hydrolysis) is 1. The lowest BCUT2D eigenvalue weighted by molar-refractivity contribution is -0.138. The number of ether oxygens (including phenoxy) is 1. The molecule has 1 rings (SSSR count). The van der Waals surface area contributed by atoms with Gasteiger partial charge in [0.05, 0.1) is 12.5 Å². The van der Waals surface area contributed by atoms with Gasteiger partial charge in [0.25, 0.3) is 0 Å². The van der Waals surface area contributed by atoms with Crippen molar-refractivity contribution in [3.8, 4) is 0 Å². The first-order chi connectivity index (χ1) is 9.74. The van der Waals surface area contributed by atoms with E-state index < -0.39 is 17.7 Å². The van der Waals surface area contributed by atoms with Crippen LogP contribution in [-0.2, 0) is 14.3 Å². The quantitative estimate of drug-likeness (QED) is 0.555. The minimum absolute atomic E-state index is 0.139. The third kappa shape index (κ3) is 5.71. The summed E-state index contributed by atoms with van der Waals surface area (Å²) in [5.41, 5.74) is -0.536. The second-order valence-electron chi connectivity index (χ2n) is 6.02. The van der Waals surface area contributed by atoms with E-state index in [1.165, 1.54) is 4.90 Å². The van der Waals surface area contributed by atoms with Crippen LogP contribution in [0.5, 0.6) is 0 Å². The van der Waals surface area contributed by atoms with Gasteiger partial charge in [0.15, 0.2) is 0 Å². The topological polar surface area (TPSA) is 87.7 Å². The van der Waals surface area contributed by atoms with Crippen molar-refractivity contribution in [3.05, 3.63) is 0 Å². The SMILES string of the molecule is CCCN1C(=O)CC(NCCNC(=O)OC(C)(C)C)C1=O. The maximum atomic E-state index is 12.0. The molecule has 21 heavy (non-hydrogen) atoms. The number of imide groups is 1. The molecule has 0 aromatic carbocycles. The van der Waals surface area contributed by atoms with E-state index in [1.807, 2.05) is 6.92 Å². The minimum atomic E-state index is -0.536. The molecule has 2 N–H and O–H groups in total. The van der Waals surface area contributed by atoms with Gasteiger partial charge >= 0.3 is 6.09 Å². The number of hydrogen-bond donors (Lipinski definition) is 2. The summed E-state index contributed by atoms with van der Waals surface area (Å²) in [4.78, 5) is 36.3. The van der Waals surface area contributed by atoms with E-state index in [0.29, 0.717) is 19.6 Å². The molecule has 1 aliphatic heterocycles. The number of likely N-dealkylation sites (tertiary alicyclic amines) is 1. The lowest BCUT2D eigenvalue weighted by Gasteiger charge is -2.20. The molecule has 0 aromatic heterocycles. The zero-order valence-electron chi connectivity index (χ0n) is 13.2. The van der Waals surface area contributed by atoms with Crippen LogP contribution in [0.25, 0.3) is 0 Å². The Labute approximate surface area is 125 Å². The van der Waals surface area contributed by atoms with Crippen LogP contribution < -0.4 is 10.6 Å². The second-order valence-corrected chi connectivity index (χ2v) is 6.02. The fraction of sp³-hybridized carbons (Fsp3) is 0.786. The van der Waals surface area contributed by atoms with Gasteiger partial charge in [0, 0.05) is 19.6 Å². The Kier molecular flexibility index (Phi) is 6.14. The molecule has 120 valence electrons. The Bertz CT molecular complexity index is 404. The van der Waals surface area contributed by atoms with E-state index in [4.69, 9.17) is 4.74 Å². The largest absolute Gasteiger partial charge is 0.444 e. The van der Waals surface area contributed by atoms with Gasteiger partial charge < -0.3 is 15.4 Å². The van der Waals surface area contributed by atoms with E-state index in [-0.39, 0.29) is 18.2 Å². The number of rotatable bonds is 6.